The van der Waals surface area contributed by atoms with Crippen molar-refractivity contribution in [2.75, 3.05) is 0 Å². The van der Waals surface area contributed by atoms with E-state index in [9.17, 15) is 0 Å². The van der Waals surface area contributed by atoms with Gasteiger partial charge in [-0.2, -0.15) is 0 Å². The lowest BCUT2D eigenvalue weighted by atomic mass is 10.2. The van der Waals surface area contributed by atoms with Crippen LogP contribution in [0, 0.1) is 0 Å². The smallest absolute Gasteiger partial charge is 0.155 e. The molecule has 54 valence electrons. The third-order valence-electron chi connectivity index (χ3n) is 1.73. The standard InChI is InChI=1S/C6H9N3O/c7-1-6-4-2-8-3-5(4)9-10-6/h8H,1-3,7H2. The minimum Gasteiger partial charge on any atom is -0.359 e. The molecule has 0 bridgehead atoms. The van der Waals surface area contributed by atoms with Crippen LogP contribution in [0.4, 0.5) is 0 Å². The fraction of sp³-hybridized carbons (Fsp3) is 0.500. The van der Waals surface area contributed by atoms with E-state index >= 15 is 0 Å². The van der Waals surface area contributed by atoms with Crippen LogP contribution in [0.2, 0.25) is 0 Å². The highest BCUT2D eigenvalue weighted by atomic mass is 16.5. The Bertz CT molecular complexity index is 243. The summed E-state index contributed by atoms with van der Waals surface area (Å²) in [6, 6.07) is 0. The summed E-state index contributed by atoms with van der Waals surface area (Å²) in [5, 5.41) is 7.01. The Labute approximate surface area is 58.4 Å². The maximum absolute atomic E-state index is 5.41. The first-order chi connectivity index (χ1) is 4.92. The number of nitrogens with zero attached hydrogens (tertiary/aromatic N) is 1. The van der Waals surface area contributed by atoms with Crippen molar-refractivity contribution in [3.05, 3.63) is 17.0 Å². The molecule has 0 amide bonds. The SMILES string of the molecule is NCc1onc2c1CNC2. The summed E-state index contributed by atoms with van der Waals surface area (Å²) < 4.78 is 4.97. The third-order valence-corrected chi connectivity index (χ3v) is 1.73. The Hall–Kier alpha value is -0.870. The molecule has 4 heteroatoms. The third kappa shape index (κ3) is 0.661. The molecular weight excluding hydrogens is 130 g/mol. The van der Waals surface area contributed by atoms with Crippen molar-refractivity contribution in [1.29, 1.82) is 0 Å². The van der Waals surface area contributed by atoms with Gasteiger partial charge in [0, 0.05) is 18.7 Å². The summed E-state index contributed by atoms with van der Waals surface area (Å²) in [4.78, 5) is 0. The van der Waals surface area contributed by atoms with Gasteiger partial charge in [0.25, 0.3) is 0 Å². The molecule has 0 aliphatic carbocycles. The summed E-state index contributed by atoms with van der Waals surface area (Å²) in [6.07, 6.45) is 0. The van der Waals surface area contributed by atoms with Crippen LogP contribution in [-0.4, -0.2) is 5.16 Å². The molecule has 4 nitrogen and oxygen atoms in total. The van der Waals surface area contributed by atoms with Crippen molar-refractivity contribution in [1.82, 2.24) is 10.5 Å². The van der Waals surface area contributed by atoms with E-state index in [-0.39, 0.29) is 0 Å². The van der Waals surface area contributed by atoms with E-state index in [1.165, 1.54) is 0 Å². The second-order valence-electron chi connectivity index (χ2n) is 2.34. The molecule has 1 aliphatic heterocycles. The van der Waals surface area contributed by atoms with Gasteiger partial charge in [0.05, 0.1) is 6.54 Å². The van der Waals surface area contributed by atoms with Gasteiger partial charge in [0.2, 0.25) is 0 Å². The number of fused-ring (bicyclic) bond motifs is 1. The maximum Gasteiger partial charge on any atom is 0.155 e. The van der Waals surface area contributed by atoms with Gasteiger partial charge >= 0.3 is 0 Å². The molecule has 1 aromatic heterocycles. The molecule has 0 saturated heterocycles. The number of hydrogen-bond donors (Lipinski definition) is 2. The zero-order chi connectivity index (χ0) is 6.97. The van der Waals surface area contributed by atoms with E-state index in [0.717, 1.165) is 30.1 Å². The molecule has 2 rings (SSSR count). The predicted octanol–water partition coefficient (Wildman–Crippen LogP) is -0.264. The van der Waals surface area contributed by atoms with E-state index in [1.807, 2.05) is 0 Å². The Morgan fingerprint density at radius 2 is 2.50 bits per heavy atom. The largest absolute Gasteiger partial charge is 0.359 e. The van der Waals surface area contributed by atoms with Gasteiger partial charge in [-0.05, 0) is 0 Å². The van der Waals surface area contributed by atoms with Crippen LogP contribution in [0.15, 0.2) is 4.52 Å². The van der Waals surface area contributed by atoms with Crippen molar-refractivity contribution in [2.24, 2.45) is 5.73 Å². The lowest BCUT2D eigenvalue weighted by Gasteiger charge is -1.90. The lowest BCUT2D eigenvalue weighted by molar-refractivity contribution is 0.372. The van der Waals surface area contributed by atoms with Gasteiger partial charge in [-0.25, -0.2) is 0 Å². The Kier molecular flexibility index (Phi) is 1.22. The molecule has 2 heterocycles. The number of rotatable bonds is 1. The van der Waals surface area contributed by atoms with Crippen LogP contribution in [0.5, 0.6) is 0 Å². The summed E-state index contributed by atoms with van der Waals surface area (Å²) in [6.45, 7) is 2.12. The highest BCUT2D eigenvalue weighted by Crippen LogP contribution is 2.17. The van der Waals surface area contributed by atoms with E-state index in [0.29, 0.717) is 6.54 Å². The topological polar surface area (TPSA) is 64.1 Å². The monoisotopic (exact) mass is 139 g/mol. The quantitative estimate of drug-likeness (QED) is 0.562. The molecule has 0 saturated carbocycles. The van der Waals surface area contributed by atoms with Crippen molar-refractivity contribution in [3.63, 3.8) is 0 Å². The van der Waals surface area contributed by atoms with Crippen molar-refractivity contribution >= 4 is 0 Å². The van der Waals surface area contributed by atoms with Gasteiger partial charge in [0.15, 0.2) is 5.76 Å². The van der Waals surface area contributed by atoms with Crippen LogP contribution in [0.3, 0.4) is 0 Å². The molecule has 3 N–H and O–H groups in total. The summed E-state index contributed by atoms with van der Waals surface area (Å²) >= 11 is 0. The number of nitrogens with one attached hydrogen (secondary N) is 1. The van der Waals surface area contributed by atoms with Crippen molar-refractivity contribution < 1.29 is 4.52 Å². The van der Waals surface area contributed by atoms with Crippen LogP contribution < -0.4 is 11.1 Å². The van der Waals surface area contributed by atoms with Gasteiger partial charge in [-0.1, -0.05) is 5.16 Å². The number of nitrogens with two attached hydrogens (primary N) is 1. The molecule has 10 heavy (non-hydrogen) atoms. The molecule has 0 unspecified atom stereocenters. The molecule has 0 spiro atoms. The Balaban J connectivity index is 2.44. The fourth-order valence-corrected chi connectivity index (χ4v) is 1.19. The van der Waals surface area contributed by atoms with Crippen LogP contribution in [-0.2, 0) is 19.6 Å². The highest BCUT2D eigenvalue weighted by molar-refractivity contribution is 5.25. The number of aromatic nitrogens is 1. The summed E-state index contributed by atoms with van der Waals surface area (Å²) in [5.41, 5.74) is 7.58. The molecule has 0 atom stereocenters. The first kappa shape index (κ1) is 5.88. The maximum atomic E-state index is 5.41. The van der Waals surface area contributed by atoms with E-state index in [4.69, 9.17) is 10.3 Å². The number of hydrogen-bond acceptors (Lipinski definition) is 4. The summed E-state index contributed by atoms with van der Waals surface area (Å²) in [5.74, 6) is 0.819. The average Bonchev–Trinajstić information content (AvgIpc) is 2.44. The van der Waals surface area contributed by atoms with E-state index in [2.05, 4.69) is 10.5 Å². The lowest BCUT2D eigenvalue weighted by Crippen LogP contribution is -2.04. The van der Waals surface area contributed by atoms with E-state index in [1.54, 1.807) is 0 Å². The van der Waals surface area contributed by atoms with Crippen LogP contribution in [0.25, 0.3) is 0 Å². The zero-order valence-electron chi connectivity index (χ0n) is 5.55. The Morgan fingerprint density at radius 3 is 3.30 bits per heavy atom. The first-order valence-electron chi connectivity index (χ1n) is 3.29. The van der Waals surface area contributed by atoms with Gasteiger partial charge in [0.1, 0.15) is 5.69 Å². The summed E-state index contributed by atoms with van der Waals surface area (Å²) in [7, 11) is 0. The van der Waals surface area contributed by atoms with Gasteiger partial charge in [-0.15, -0.1) is 0 Å². The minimum atomic E-state index is 0.448. The normalized spacial score (nSPS) is 15.7. The molecule has 1 aromatic rings. The molecule has 0 fully saturated rings. The van der Waals surface area contributed by atoms with Gasteiger partial charge < -0.3 is 15.6 Å². The van der Waals surface area contributed by atoms with Crippen molar-refractivity contribution in [3.8, 4) is 0 Å². The zero-order valence-corrected chi connectivity index (χ0v) is 5.55. The molecule has 0 aromatic carbocycles. The molecule has 0 radical (unpaired) electrons. The minimum absolute atomic E-state index is 0.448. The Morgan fingerprint density at radius 1 is 1.60 bits per heavy atom. The highest BCUT2D eigenvalue weighted by Gasteiger charge is 2.18. The fourth-order valence-electron chi connectivity index (χ4n) is 1.19. The average molecular weight is 139 g/mol. The first-order valence-corrected chi connectivity index (χ1v) is 3.29. The predicted molar refractivity (Wildman–Crippen MR) is 34.9 cm³/mol. The second-order valence-corrected chi connectivity index (χ2v) is 2.34. The molecule has 1 aliphatic rings. The van der Waals surface area contributed by atoms with E-state index < -0.39 is 0 Å². The molecular formula is C6H9N3O. The second kappa shape index (κ2) is 2.07. The van der Waals surface area contributed by atoms with Gasteiger partial charge in [-0.3, -0.25) is 0 Å². The van der Waals surface area contributed by atoms with Crippen LogP contribution in [0.1, 0.15) is 17.0 Å². The van der Waals surface area contributed by atoms with Crippen molar-refractivity contribution in [2.45, 2.75) is 19.6 Å². The van der Waals surface area contributed by atoms with Crippen LogP contribution >= 0.6 is 0 Å².